The van der Waals surface area contributed by atoms with E-state index in [0.717, 1.165) is 6.42 Å². The second-order valence-corrected chi connectivity index (χ2v) is 7.25. The van der Waals surface area contributed by atoms with Crippen molar-refractivity contribution in [2.75, 3.05) is 0 Å². The van der Waals surface area contributed by atoms with Crippen LogP contribution < -0.4 is 0 Å². The summed E-state index contributed by atoms with van der Waals surface area (Å²) in [5.41, 5.74) is 2.96. The average Bonchev–Trinajstić information content (AvgIpc) is 2.70. The molecule has 26 heavy (non-hydrogen) atoms. The zero-order chi connectivity index (χ0) is 19.4. The Morgan fingerprint density at radius 2 is 1.69 bits per heavy atom. The predicted molar refractivity (Wildman–Crippen MR) is 115 cm³/mol. The number of Topliss-reactive ketones (excluding diaryl/α,β-unsaturated/α-hetero) is 1. The molecule has 0 heterocycles. The van der Waals surface area contributed by atoms with E-state index in [2.05, 4.69) is 48.5 Å². The largest absolute Gasteiger partial charge is 0.300 e. The summed E-state index contributed by atoms with van der Waals surface area (Å²) in [6.07, 6.45) is 5.37. The zero-order valence-corrected chi connectivity index (χ0v) is 17.9. The summed E-state index contributed by atoms with van der Waals surface area (Å²) in [5.74, 6) is 0.881. The molecule has 0 fully saturated rings. The van der Waals surface area contributed by atoms with Gasteiger partial charge in [-0.25, -0.2) is 0 Å². The Labute approximate surface area is 164 Å². The first-order valence-corrected chi connectivity index (χ1v) is 10.9. The molecule has 0 N–H and O–H groups in total. The van der Waals surface area contributed by atoms with Gasteiger partial charge in [0.2, 0.25) is 0 Å². The summed E-state index contributed by atoms with van der Waals surface area (Å²) in [6, 6.07) is 17.4. The van der Waals surface area contributed by atoms with E-state index in [9.17, 15) is 4.79 Å². The van der Waals surface area contributed by atoms with Gasteiger partial charge in [0, 0.05) is 16.2 Å². The molecule has 0 amide bonds. The van der Waals surface area contributed by atoms with Crippen molar-refractivity contribution in [1.29, 1.82) is 0 Å². The maximum Gasteiger partial charge on any atom is 0.129 e. The molecule has 1 nitrogen and oxygen atoms in total. The molecule has 0 spiro atoms. The molecule has 0 radical (unpaired) electrons. The van der Waals surface area contributed by atoms with E-state index >= 15 is 0 Å². The third kappa shape index (κ3) is 6.99. The highest BCUT2D eigenvalue weighted by Gasteiger charge is 2.20. The van der Waals surface area contributed by atoms with Crippen LogP contribution in [0.15, 0.2) is 58.3 Å². The Kier molecular flexibility index (Phi) is 11.0. The molecule has 0 aliphatic heterocycles. The summed E-state index contributed by atoms with van der Waals surface area (Å²) in [6.45, 7) is 9.70. The number of ketones is 1. The first-order valence-electron chi connectivity index (χ1n) is 10.1. The summed E-state index contributed by atoms with van der Waals surface area (Å²) in [5, 5.41) is 0. The lowest BCUT2D eigenvalue weighted by Gasteiger charge is -2.25. The molecule has 2 aromatic rings. The number of benzene rings is 2. The van der Waals surface area contributed by atoms with Gasteiger partial charge in [0.1, 0.15) is 5.78 Å². The molecule has 1 atom stereocenters. The number of hydrogen-bond donors (Lipinski definition) is 0. The Morgan fingerprint density at radius 1 is 1.00 bits per heavy atom. The lowest BCUT2D eigenvalue weighted by molar-refractivity contribution is -0.117. The van der Waals surface area contributed by atoms with Crippen molar-refractivity contribution in [3.63, 3.8) is 0 Å². The van der Waals surface area contributed by atoms with Crippen LogP contribution in [0.1, 0.15) is 77.3 Å². The molecule has 0 saturated carbocycles. The minimum atomic E-state index is 0.309. The van der Waals surface area contributed by atoms with Crippen molar-refractivity contribution in [1.82, 2.24) is 0 Å². The van der Waals surface area contributed by atoms with Crippen LogP contribution in [0.25, 0.3) is 0 Å². The second kappa shape index (κ2) is 12.8. The summed E-state index contributed by atoms with van der Waals surface area (Å²) >= 11 is 1.83. The van der Waals surface area contributed by atoms with Gasteiger partial charge in [-0.2, -0.15) is 0 Å². The molecule has 0 bridgehead atoms. The SMILES string of the molecule is CC.CC.CC(=O)CC[C@@H]1CCCc2cc(Sc3ccccc3)ccc21. The first-order chi connectivity index (χ1) is 12.7. The standard InChI is InChI=1S/C20H22OS.2C2H6/c1-15(21)10-11-16-6-5-7-17-14-19(12-13-20(16)17)22-18-8-3-2-4-9-18;2*1-2/h2-4,8-9,12-14,16H,5-7,10-11H2,1H3;2*1-2H3/t16-;;/m0../s1. The number of hydrogen-bond acceptors (Lipinski definition) is 2. The highest BCUT2D eigenvalue weighted by Crippen LogP contribution is 2.38. The summed E-state index contributed by atoms with van der Waals surface area (Å²) in [7, 11) is 0. The zero-order valence-electron chi connectivity index (χ0n) is 17.0. The summed E-state index contributed by atoms with van der Waals surface area (Å²) < 4.78 is 0. The van der Waals surface area contributed by atoms with Gasteiger partial charge < -0.3 is 4.79 Å². The molecule has 0 saturated heterocycles. The fourth-order valence-electron chi connectivity index (χ4n) is 3.26. The third-order valence-corrected chi connectivity index (χ3v) is 5.37. The Morgan fingerprint density at radius 3 is 2.35 bits per heavy atom. The van der Waals surface area contributed by atoms with Crippen LogP contribution in [0.5, 0.6) is 0 Å². The number of rotatable bonds is 5. The number of carbonyl (C=O) groups excluding carboxylic acids is 1. The predicted octanol–water partition coefficient (Wildman–Crippen LogP) is 7.68. The normalized spacial score (nSPS) is 14.9. The smallest absolute Gasteiger partial charge is 0.129 e. The fourth-order valence-corrected chi connectivity index (χ4v) is 4.16. The van der Waals surface area contributed by atoms with Gasteiger partial charge in [-0.05, 0) is 73.9 Å². The molecule has 142 valence electrons. The van der Waals surface area contributed by atoms with Gasteiger partial charge >= 0.3 is 0 Å². The van der Waals surface area contributed by atoms with Crippen molar-refractivity contribution in [2.24, 2.45) is 0 Å². The van der Waals surface area contributed by atoms with Crippen LogP contribution in [-0.2, 0) is 11.2 Å². The molecule has 2 aromatic carbocycles. The fraction of sp³-hybridized carbons (Fsp3) is 0.458. The van der Waals surface area contributed by atoms with E-state index in [-0.39, 0.29) is 0 Å². The van der Waals surface area contributed by atoms with Crippen molar-refractivity contribution in [2.45, 2.75) is 82.4 Å². The van der Waals surface area contributed by atoms with Gasteiger partial charge in [0.05, 0.1) is 0 Å². The van der Waals surface area contributed by atoms with E-state index in [0.29, 0.717) is 18.1 Å². The van der Waals surface area contributed by atoms with Crippen LogP contribution in [0.4, 0.5) is 0 Å². The van der Waals surface area contributed by atoms with Crippen molar-refractivity contribution in [3.8, 4) is 0 Å². The summed E-state index contributed by atoms with van der Waals surface area (Å²) in [4.78, 5) is 13.9. The highest BCUT2D eigenvalue weighted by molar-refractivity contribution is 7.99. The maximum absolute atomic E-state index is 11.3. The molecule has 1 aliphatic rings. The highest BCUT2D eigenvalue weighted by atomic mass is 32.2. The van der Waals surface area contributed by atoms with Gasteiger partial charge in [0.15, 0.2) is 0 Å². The Bertz CT molecular complexity index is 649. The first kappa shape index (κ1) is 22.5. The molecular formula is C24H34OS. The van der Waals surface area contributed by atoms with Crippen LogP contribution in [0.2, 0.25) is 0 Å². The number of fused-ring (bicyclic) bond motifs is 1. The number of carbonyl (C=O) groups is 1. The molecule has 2 heteroatoms. The van der Waals surface area contributed by atoms with E-state index in [1.54, 1.807) is 6.92 Å². The van der Waals surface area contributed by atoms with Crippen LogP contribution in [0, 0.1) is 0 Å². The second-order valence-electron chi connectivity index (χ2n) is 6.11. The van der Waals surface area contributed by atoms with E-state index in [1.165, 1.54) is 40.2 Å². The maximum atomic E-state index is 11.3. The topological polar surface area (TPSA) is 17.1 Å². The molecule has 3 rings (SSSR count). The average molecular weight is 371 g/mol. The van der Waals surface area contributed by atoms with Crippen LogP contribution in [-0.4, -0.2) is 5.78 Å². The third-order valence-electron chi connectivity index (χ3n) is 4.38. The number of aryl methyl sites for hydroxylation is 1. The van der Waals surface area contributed by atoms with Gasteiger partial charge in [0.25, 0.3) is 0 Å². The monoisotopic (exact) mass is 370 g/mol. The van der Waals surface area contributed by atoms with Gasteiger partial charge in [-0.1, -0.05) is 63.7 Å². The van der Waals surface area contributed by atoms with Gasteiger partial charge in [-0.3, -0.25) is 0 Å². The quantitative estimate of drug-likeness (QED) is 0.537. The van der Waals surface area contributed by atoms with E-state index < -0.39 is 0 Å². The minimum Gasteiger partial charge on any atom is -0.300 e. The van der Waals surface area contributed by atoms with Crippen molar-refractivity contribution in [3.05, 3.63) is 59.7 Å². The van der Waals surface area contributed by atoms with Crippen molar-refractivity contribution >= 4 is 17.5 Å². The molecule has 1 aliphatic carbocycles. The minimum absolute atomic E-state index is 0.309. The molecule has 0 aromatic heterocycles. The Hall–Kier alpha value is -1.54. The lowest BCUT2D eigenvalue weighted by atomic mass is 9.80. The van der Waals surface area contributed by atoms with E-state index in [4.69, 9.17) is 0 Å². The lowest BCUT2D eigenvalue weighted by Crippen LogP contribution is -2.11. The Balaban J connectivity index is 0.000000791. The molecule has 0 unspecified atom stereocenters. The van der Waals surface area contributed by atoms with Gasteiger partial charge in [-0.15, -0.1) is 0 Å². The van der Waals surface area contributed by atoms with Crippen LogP contribution in [0.3, 0.4) is 0 Å². The molecular weight excluding hydrogens is 336 g/mol. The van der Waals surface area contributed by atoms with Crippen LogP contribution >= 0.6 is 11.8 Å². The van der Waals surface area contributed by atoms with Crippen molar-refractivity contribution < 1.29 is 4.79 Å². The van der Waals surface area contributed by atoms with E-state index in [1.807, 2.05) is 39.5 Å².